The van der Waals surface area contributed by atoms with E-state index in [1.807, 2.05) is 12.1 Å². The third-order valence-corrected chi connectivity index (χ3v) is 3.02. The van der Waals surface area contributed by atoms with Crippen LogP contribution in [0.3, 0.4) is 0 Å². The predicted octanol–water partition coefficient (Wildman–Crippen LogP) is 3.83. The van der Waals surface area contributed by atoms with Crippen molar-refractivity contribution in [3.8, 4) is 0 Å². The highest BCUT2D eigenvalue weighted by Crippen LogP contribution is 2.29. The summed E-state index contributed by atoms with van der Waals surface area (Å²) in [6.45, 7) is -4.73. The van der Waals surface area contributed by atoms with E-state index in [0.29, 0.717) is 5.56 Å². The molecule has 14 heavy (non-hydrogen) atoms. The topological polar surface area (TPSA) is 0 Å². The van der Waals surface area contributed by atoms with Gasteiger partial charge in [-0.25, -0.2) is 0 Å². The van der Waals surface area contributed by atoms with E-state index in [4.69, 9.17) is 0 Å². The van der Waals surface area contributed by atoms with Gasteiger partial charge < -0.3 is 12.9 Å². The van der Waals surface area contributed by atoms with Gasteiger partial charge in [-0.2, -0.15) is 0 Å². The molecule has 1 aromatic carbocycles. The second-order valence-electron chi connectivity index (χ2n) is 3.17. The molecule has 0 saturated heterocycles. The summed E-state index contributed by atoms with van der Waals surface area (Å²) in [5, 5.41) is 2.33. The highest BCUT2D eigenvalue weighted by molar-refractivity contribution is 7.17. The molecule has 2 rings (SSSR count). The molecule has 74 valence electrons. The van der Waals surface area contributed by atoms with Crippen LogP contribution < -0.4 is 0 Å². The van der Waals surface area contributed by atoms with Crippen LogP contribution in [0.5, 0.6) is 0 Å². The molecule has 0 saturated carbocycles. The second kappa shape index (κ2) is 3.31. The van der Waals surface area contributed by atoms with Crippen LogP contribution in [-0.2, 0) is 6.32 Å². The van der Waals surface area contributed by atoms with Gasteiger partial charge in [0.15, 0.2) is 0 Å². The van der Waals surface area contributed by atoms with Gasteiger partial charge in [-0.15, -0.1) is 11.3 Å². The zero-order chi connectivity index (χ0) is 10.2. The Kier molecular flexibility index (Phi) is 2.27. The molecule has 0 bridgehead atoms. The van der Waals surface area contributed by atoms with Crippen molar-refractivity contribution in [2.45, 2.75) is 6.32 Å². The van der Waals surface area contributed by atoms with E-state index in [9.17, 15) is 12.9 Å². The Morgan fingerprint density at radius 3 is 2.57 bits per heavy atom. The van der Waals surface area contributed by atoms with Crippen LogP contribution in [0.15, 0.2) is 29.6 Å². The fraction of sp³-hybridized carbons (Fsp3) is 0.111. The van der Waals surface area contributed by atoms with Crippen LogP contribution in [0, 0.1) is 0 Å². The summed E-state index contributed by atoms with van der Waals surface area (Å²) < 4.78 is 37.6. The first-order valence-electron chi connectivity index (χ1n) is 4.22. The summed E-state index contributed by atoms with van der Waals surface area (Å²) in [5.74, 6) is 0. The van der Waals surface area contributed by atoms with E-state index in [-0.39, 0.29) is 0 Å². The van der Waals surface area contributed by atoms with Gasteiger partial charge in [0.2, 0.25) is 0 Å². The minimum atomic E-state index is -4.73. The predicted molar refractivity (Wildman–Crippen MR) is 54.6 cm³/mol. The number of rotatable bonds is 2. The largest absolute Gasteiger partial charge is 0.482 e. The van der Waals surface area contributed by atoms with Crippen LogP contribution >= 0.6 is 11.3 Å². The average molecular weight is 215 g/mol. The molecule has 0 amide bonds. The molecule has 0 aliphatic rings. The van der Waals surface area contributed by atoms with E-state index >= 15 is 0 Å². The Bertz CT molecular complexity index is 446. The van der Waals surface area contributed by atoms with Crippen molar-refractivity contribution in [1.29, 1.82) is 0 Å². The van der Waals surface area contributed by atoms with Crippen LogP contribution in [-0.4, -0.2) is 6.98 Å². The maximum atomic E-state index is 12.2. The van der Waals surface area contributed by atoms with Gasteiger partial charge in [0, 0.05) is 4.70 Å². The molecule has 0 aliphatic carbocycles. The average Bonchev–Trinajstić information content (AvgIpc) is 2.47. The Morgan fingerprint density at radius 2 is 1.86 bits per heavy atom. The van der Waals surface area contributed by atoms with Crippen LogP contribution in [0.25, 0.3) is 10.1 Å². The highest BCUT2D eigenvalue weighted by atomic mass is 32.1. The lowest BCUT2D eigenvalue weighted by atomic mass is 9.82. The lowest BCUT2D eigenvalue weighted by Gasteiger charge is -2.12. The van der Waals surface area contributed by atoms with E-state index in [0.717, 1.165) is 10.1 Å². The van der Waals surface area contributed by atoms with Crippen molar-refractivity contribution < 1.29 is 12.9 Å². The zero-order valence-electron chi connectivity index (χ0n) is 7.21. The number of thiophene rings is 1. The first-order chi connectivity index (χ1) is 6.56. The number of fused-ring (bicyclic) bond motifs is 1. The maximum Gasteiger partial charge on any atom is 0.482 e. The molecule has 0 unspecified atom stereocenters. The van der Waals surface area contributed by atoms with Crippen LogP contribution in [0.1, 0.15) is 5.56 Å². The van der Waals surface area contributed by atoms with E-state index in [2.05, 4.69) is 0 Å². The van der Waals surface area contributed by atoms with E-state index in [1.54, 1.807) is 17.5 Å². The molecule has 2 aromatic rings. The Hall–Kier alpha value is -0.965. The first kappa shape index (κ1) is 9.58. The standard InChI is InChI=1S/C9H7BF3S/c11-10(12,13)5-7-6-14-9-4-2-1-3-8(7)9/h1-4,6H,5H2/q-1. The molecule has 0 N–H and O–H groups in total. The fourth-order valence-corrected chi connectivity index (χ4v) is 2.42. The third-order valence-electron chi connectivity index (χ3n) is 2.01. The monoisotopic (exact) mass is 215 g/mol. The number of hydrogen-bond acceptors (Lipinski definition) is 1. The lowest BCUT2D eigenvalue weighted by Crippen LogP contribution is -2.18. The van der Waals surface area contributed by atoms with E-state index < -0.39 is 13.3 Å². The lowest BCUT2D eigenvalue weighted by molar-refractivity contribution is 0.469. The van der Waals surface area contributed by atoms with Crippen molar-refractivity contribution >= 4 is 28.4 Å². The quantitative estimate of drug-likeness (QED) is 0.667. The molecule has 0 spiro atoms. The Balaban J connectivity index is 2.44. The van der Waals surface area contributed by atoms with Crippen LogP contribution in [0.2, 0.25) is 0 Å². The normalized spacial score (nSPS) is 12.2. The molecule has 0 radical (unpaired) electrons. The van der Waals surface area contributed by atoms with Crippen molar-refractivity contribution in [3.63, 3.8) is 0 Å². The summed E-state index contributed by atoms with van der Waals surface area (Å²) in [5.41, 5.74) is 0.401. The smallest absolute Gasteiger partial charge is 0.449 e. The molecular formula is C9H7BF3S-. The van der Waals surface area contributed by atoms with Crippen molar-refractivity contribution in [3.05, 3.63) is 35.2 Å². The van der Waals surface area contributed by atoms with Gasteiger partial charge >= 0.3 is 6.98 Å². The minimum Gasteiger partial charge on any atom is -0.449 e. The molecule has 0 fully saturated rings. The number of hydrogen-bond donors (Lipinski definition) is 0. The Labute approximate surface area is 83.4 Å². The number of halogens is 3. The molecule has 0 aliphatic heterocycles. The maximum absolute atomic E-state index is 12.2. The molecule has 1 aromatic heterocycles. The van der Waals surface area contributed by atoms with Gasteiger partial charge in [0.05, 0.1) is 0 Å². The summed E-state index contributed by atoms with van der Waals surface area (Å²) in [7, 11) is 0. The molecule has 0 atom stereocenters. The second-order valence-corrected chi connectivity index (χ2v) is 4.08. The van der Waals surface area contributed by atoms with Crippen molar-refractivity contribution in [1.82, 2.24) is 0 Å². The zero-order valence-corrected chi connectivity index (χ0v) is 8.03. The summed E-state index contributed by atoms with van der Waals surface area (Å²) in [6, 6.07) is 7.18. The molecular weight excluding hydrogens is 208 g/mol. The summed E-state index contributed by atoms with van der Waals surface area (Å²) >= 11 is 1.36. The molecule has 5 heteroatoms. The SMILES string of the molecule is F[B-](F)(F)Cc1csc2ccccc12. The number of benzene rings is 1. The first-order valence-corrected chi connectivity index (χ1v) is 5.10. The molecule has 1 heterocycles. The fourth-order valence-electron chi connectivity index (χ4n) is 1.44. The van der Waals surface area contributed by atoms with Gasteiger partial charge in [-0.05, 0) is 16.8 Å². The minimum absolute atomic E-state index is 0.401. The van der Waals surface area contributed by atoms with E-state index in [1.165, 1.54) is 11.3 Å². The highest BCUT2D eigenvalue weighted by Gasteiger charge is 2.24. The van der Waals surface area contributed by atoms with Gasteiger partial charge in [-0.1, -0.05) is 30.1 Å². The molecule has 0 nitrogen and oxygen atoms in total. The summed E-state index contributed by atoms with van der Waals surface area (Å²) in [4.78, 5) is 0. The third kappa shape index (κ3) is 1.92. The summed E-state index contributed by atoms with van der Waals surface area (Å²) in [6.07, 6.45) is -0.774. The van der Waals surface area contributed by atoms with Gasteiger partial charge in [-0.3, -0.25) is 0 Å². The van der Waals surface area contributed by atoms with Crippen LogP contribution in [0.4, 0.5) is 12.9 Å². The Morgan fingerprint density at radius 1 is 1.14 bits per heavy atom. The van der Waals surface area contributed by atoms with Crippen molar-refractivity contribution in [2.24, 2.45) is 0 Å². The van der Waals surface area contributed by atoms with Gasteiger partial charge in [0.25, 0.3) is 0 Å². The van der Waals surface area contributed by atoms with Gasteiger partial charge in [0.1, 0.15) is 0 Å². The van der Waals surface area contributed by atoms with Crippen molar-refractivity contribution in [2.75, 3.05) is 0 Å².